The van der Waals surface area contributed by atoms with Crippen molar-refractivity contribution in [2.75, 3.05) is 0 Å². The third-order valence-corrected chi connectivity index (χ3v) is 5.72. The van der Waals surface area contributed by atoms with E-state index >= 15 is 0 Å². The average molecular weight is 287 g/mol. The van der Waals surface area contributed by atoms with Crippen LogP contribution < -0.4 is 4.72 Å². The molecule has 1 fully saturated rings. The quantitative estimate of drug-likeness (QED) is 0.813. The molecule has 8 heteroatoms. The van der Waals surface area contributed by atoms with E-state index in [0.29, 0.717) is 24.7 Å². The van der Waals surface area contributed by atoms with Crippen LogP contribution in [-0.4, -0.2) is 33.9 Å². The van der Waals surface area contributed by atoms with Gasteiger partial charge in [-0.15, -0.1) is 5.10 Å². The molecule has 1 saturated carbocycles. The van der Waals surface area contributed by atoms with Crippen molar-refractivity contribution in [3.63, 3.8) is 0 Å². The number of hydrogen-bond donors (Lipinski definition) is 1. The Morgan fingerprint density at radius 2 is 2.00 bits per heavy atom. The maximum absolute atomic E-state index is 12.2. The smallest absolute Gasteiger partial charge is 0.215 e. The lowest BCUT2D eigenvalue weighted by Crippen LogP contribution is -2.36. The molecule has 1 N–H and O–H groups in total. The lowest BCUT2D eigenvalue weighted by molar-refractivity contribution is 0.512. The molecule has 7 nitrogen and oxygen atoms in total. The topological polar surface area (TPSA) is 89.8 Å². The summed E-state index contributed by atoms with van der Waals surface area (Å²) in [5.41, 5.74) is 0. The zero-order valence-corrected chi connectivity index (χ0v) is 12.4. The van der Waals surface area contributed by atoms with E-state index in [9.17, 15) is 8.42 Å². The minimum atomic E-state index is -3.33. The Morgan fingerprint density at radius 1 is 1.37 bits per heavy atom. The molecule has 0 aromatic carbocycles. The van der Waals surface area contributed by atoms with Crippen molar-refractivity contribution in [2.24, 2.45) is 0 Å². The van der Waals surface area contributed by atoms with Crippen LogP contribution in [0.4, 0.5) is 0 Å². The van der Waals surface area contributed by atoms with E-state index < -0.39 is 16.1 Å². The fourth-order valence-corrected chi connectivity index (χ4v) is 3.86. The van der Waals surface area contributed by atoms with Crippen LogP contribution in [0.15, 0.2) is 0 Å². The van der Waals surface area contributed by atoms with Gasteiger partial charge in [0.25, 0.3) is 0 Å². The van der Waals surface area contributed by atoms with E-state index in [2.05, 4.69) is 20.2 Å². The molecular weight excluding hydrogens is 266 g/mol. The Balaban J connectivity index is 2.12. The Hall–Kier alpha value is -1.02. The summed E-state index contributed by atoms with van der Waals surface area (Å²) in [6.45, 7) is 5.54. The summed E-state index contributed by atoms with van der Waals surface area (Å²) in [6.07, 6.45) is 3.33. The van der Waals surface area contributed by atoms with Gasteiger partial charge in [0.05, 0.1) is 17.3 Å². The Bertz CT molecular complexity index is 519. The van der Waals surface area contributed by atoms with Crippen LogP contribution in [0.1, 0.15) is 64.4 Å². The number of sulfonamides is 1. The molecule has 0 bridgehead atoms. The van der Waals surface area contributed by atoms with Gasteiger partial charge in [0.2, 0.25) is 10.0 Å². The molecule has 0 amide bonds. The highest BCUT2D eigenvalue weighted by atomic mass is 32.2. The van der Waals surface area contributed by atoms with Crippen molar-refractivity contribution in [1.82, 2.24) is 24.9 Å². The van der Waals surface area contributed by atoms with Gasteiger partial charge in [0, 0.05) is 0 Å². The SMILES string of the molecule is CCC(CC)S(=O)(=O)N[C@@H](C)c1nnnn1C1CC1. The zero-order valence-electron chi connectivity index (χ0n) is 11.6. The van der Waals surface area contributed by atoms with Crippen LogP contribution in [0.3, 0.4) is 0 Å². The number of hydrogen-bond acceptors (Lipinski definition) is 5. The maximum atomic E-state index is 12.2. The zero-order chi connectivity index (χ0) is 14.0. The highest BCUT2D eigenvalue weighted by Gasteiger charge is 2.32. The summed E-state index contributed by atoms with van der Waals surface area (Å²) in [4.78, 5) is 0. The van der Waals surface area contributed by atoms with E-state index in [1.807, 2.05) is 13.8 Å². The summed E-state index contributed by atoms with van der Waals surface area (Å²) in [7, 11) is -3.33. The average Bonchev–Trinajstić information content (AvgIpc) is 3.07. The van der Waals surface area contributed by atoms with Crippen molar-refractivity contribution in [3.8, 4) is 0 Å². The molecule has 1 heterocycles. The molecule has 0 spiro atoms. The van der Waals surface area contributed by atoms with E-state index in [4.69, 9.17) is 0 Å². The van der Waals surface area contributed by atoms with E-state index in [1.165, 1.54) is 0 Å². The van der Waals surface area contributed by atoms with Crippen molar-refractivity contribution in [3.05, 3.63) is 5.82 Å². The van der Waals surface area contributed by atoms with Gasteiger partial charge in [-0.25, -0.2) is 17.8 Å². The molecule has 2 rings (SSSR count). The highest BCUT2D eigenvalue weighted by Crippen LogP contribution is 2.35. The number of nitrogens with one attached hydrogen (secondary N) is 1. The molecule has 1 atom stereocenters. The summed E-state index contributed by atoms with van der Waals surface area (Å²) in [5.74, 6) is 0.594. The summed E-state index contributed by atoms with van der Waals surface area (Å²) >= 11 is 0. The molecule has 0 aliphatic heterocycles. The molecule has 19 heavy (non-hydrogen) atoms. The fraction of sp³-hybridized carbons (Fsp3) is 0.909. The standard InChI is InChI=1S/C11H21N5O2S/c1-4-10(5-2)19(17,18)13-8(3)11-12-14-15-16(11)9-6-7-9/h8-10,13H,4-7H2,1-3H3/t8-/m0/s1. The molecule has 0 radical (unpaired) electrons. The lowest BCUT2D eigenvalue weighted by atomic mass is 10.3. The second-order valence-corrected chi connectivity index (χ2v) is 7.03. The highest BCUT2D eigenvalue weighted by molar-refractivity contribution is 7.90. The third kappa shape index (κ3) is 3.11. The summed E-state index contributed by atoms with van der Waals surface area (Å²) in [6, 6.07) is -0.0636. The van der Waals surface area contributed by atoms with Crippen LogP contribution in [0.5, 0.6) is 0 Å². The van der Waals surface area contributed by atoms with Gasteiger partial charge in [-0.2, -0.15) is 0 Å². The van der Waals surface area contributed by atoms with E-state index in [0.717, 1.165) is 12.8 Å². The van der Waals surface area contributed by atoms with Crippen molar-refractivity contribution >= 4 is 10.0 Å². The van der Waals surface area contributed by atoms with Gasteiger partial charge in [-0.1, -0.05) is 13.8 Å². The molecule has 1 aliphatic carbocycles. The lowest BCUT2D eigenvalue weighted by Gasteiger charge is -2.18. The Morgan fingerprint density at radius 3 is 2.53 bits per heavy atom. The van der Waals surface area contributed by atoms with Gasteiger partial charge >= 0.3 is 0 Å². The largest absolute Gasteiger partial charge is 0.225 e. The fourth-order valence-electron chi connectivity index (χ4n) is 2.19. The number of tetrazole rings is 1. The third-order valence-electron chi connectivity index (χ3n) is 3.49. The van der Waals surface area contributed by atoms with Crippen molar-refractivity contribution in [1.29, 1.82) is 0 Å². The molecule has 108 valence electrons. The van der Waals surface area contributed by atoms with Crippen LogP contribution in [0, 0.1) is 0 Å². The molecule has 1 aromatic heterocycles. The predicted octanol–water partition coefficient (Wildman–Crippen LogP) is 1.18. The van der Waals surface area contributed by atoms with Crippen LogP contribution >= 0.6 is 0 Å². The van der Waals surface area contributed by atoms with Crippen LogP contribution in [0.25, 0.3) is 0 Å². The Kier molecular flexibility index (Phi) is 4.19. The minimum Gasteiger partial charge on any atom is -0.225 e. The second kappa shape index (κ2) is 5.54. The van der Waals surface area contributed by atoms with Gasteiger partial charge in [-0.05, 0) is 43.0 Å². The number of rotatable bonds is 7. The minimum absolute atomic E-state index is 0.338. The Labute approximate surface area is 113 Å². The van der Waals surface area contributed by atoms with Gasteiger partial charge < -0.3 is 0 Å². The first-order valence-corrected chi connectivity index (χ1v) is 8.33. The first-order valence-electron chi connectivity index (χ1n) is 6.78. The van der Waals surface area contributed by atoms with Gasteiger partial charge in [0.15, 0.2) is 5.82 Å². The molecule has 1 aromatic rings. The molecule has 1 aliphatic rings. The first-order chi connectivity index (χ1) is 8.99. The monoisotopic (exact) mass is 287 g/mol. The predicted molar refractivity (Wildman–Crippen MR) is 70.9 cm³/mol. The van der Waals surface area contributed by atoms with Crippen LogP contribution in [0.2, 0.25) is 0 Å². The number of aromatic nitrogens is 4. The maximum Gasteiger partial charge on any atom is 0.215 e. The first kappa shape index (κ1) is 14.4. The van der Waals surface area contributed by atoms with Gasteiger partial charge in [-0.3, -0.25) is 0 Å². The van der Waals surface area contributed by atoms with E-state index in [1.54, 1.807) is 11.6 Å². The normalized spacial score (nSPS) is 17.9. The van der Waals surface area contributed by atoms with Crippen molar-refractivity contribution < 1.29 is 8.42 Å². The van der Waals surface area contributed by atoms with E-state index in [-0.39, 0.29) is 5.25 Å². The number of nitrogens with zero attached hydrogens (tertiary/aromatic N) is 4. The molecular formula is C11H21N5O2S. The second-order valence-electron chi connectivity index (χ2n) is 5.04. The van der Waals surface area contributed by atoms with Crippen LogP contribution in [-0.2, 0) is 10.0 Å². The summed E-state index contributed by atoms with van der Waals surface area (Å²) < 4.78 is 28.8. The van der Waals surface area contributed by atoms with Gasteiger partial charge in [0.1, 0.15) is 0 Å². The molecule has 0 saturated heterocycles. The summed E-state index contributed by atoms with van der Waals surface area (Å²) in [5, 5.41) is 11.2. The molecule has 0 unspecified atom stereocenters. The van der Waals surface area contributed by atoms with Crippen molar-refractivity contribution in [2.45, 2.75) is 63.8 Å².